The molecule has 0 saturated carbocycles. The van der Waals surface area contributed by atoms with Crippen molar-refractivity contribution in [3.05, 3.63) is 59.7 Å². The number of allylic oxidation sites excluding steroid dienone is 4. The third-order valence-corrected chi connectivity index (χ3v) is 2.84. The van der Waals surface area contributed by atoms with Gasteiger partial charge in [0, 0.05) is 0 Å². The maximum absolute atomic E-state index is 2.28. The smallest absolute Gasteiger partial charge is 0.00441 e. The van der Waals surface area contributed by atoms with Crippen LogP contribution in [0, 0.1) is 12.8 Å². The molecule has 0 aromatic heterocycles. The number of hydrogen-bond donors (Lipinski definition) is 0. The maximum atomic E-state index is 2.28. The van der Waals surface area contributed by atoms with Crippen LogP contribution in [0.2, 0.25) is 0 Å². The molecular weight excluding hydrogens is 168 g/mol. The molecule has 1 aliphatic carbocycles. The van der Waals surface area contributed by atoms with Crippen molar-refractivity contribution in [1.29, 1.82) is 0 Å². The minimum atomic E-state index is 0.662. The van der Waals surface area contributed by atoms with Crippen LogP contribution in [0.5, 0.6) is 0 Å². The highest BCUT2D eigenvalue weighted by atomic mass is 14.1. The van der Waals surface area contributed by atoms with Crippen LogP contribution in [-0.4, -0.2) is 0 Å². The summed E-state index contributed by atoms with van der Waals surface area (Å²) in [5.74, 6) is 0.662. The Balaban J connectivity index is 1.95. The van der Waals surface area contributed by atoms with E-state index >= 15 is 0 Å². The van der Waals surface area contributed by atoms with Gasteiger partial charge >= 0.3 is 0 Å². The molecule has 0 radical (unpaired) electrons. The van der Waals surface area contributed by atoms with Crippen LogP contribution in [0.25, 0.3) is 0 Å². The zero-order valence-electron chi connectivity index (χ0n) is 8.61. The fourth-order valence-electron chi connectivity index (χ4n) is 1.88. The van der Waals surface area contributed by atoms with Crippen LogP contribution in [0.1, 0.15) is 17.5 Å². The monoisotopic (exact) mass is 184 g/mol. The molecule has 0 nitrogen and oxygen atoms in total. The van der Waals surface area contributed by atoms with Crippen molar-refractivity contribution in [2.75, 3.05) is 0 Å². The van der Waals surface area contributed by atoms with E-state index in [1.165, 1.54) is 24.0 Å². The summed E-state index contributed by atoms with van der Waals surface area (Å²) in [4.78, 5) is 0. The van der Waals surface area contributed by atoms with Crippen LogP contribution < -0.4 is 0 Å². The lowest BCUT2D eigenvalue weighted by atomic mass is 9.98. The van der Waals surface area contributed by atoms with Gasteiger partial charge in [-0.3, -0.25) is 0 Å². The number of hydrogen-bond acceptors (Lipinski definition) is 0. The molecule has 14 heavy (non-hydrogen) atoms. The Morgan fingerprint density at radius 1 is 1.07 bits per heavy atom. The summed E-state index contributed by atoms with van der Waals surface area (Å²) < 4.78 is 0. The highest BCUT2D eigenvalue weighted by molar-refractivity contribution is 5.26. The third-order valence-electron chi connectivity index (χ3n) is 2.84. The standard InChI is InChI=1S/C14H16/c1-12-6-2-5-9-14(12)11-10-13-7-3-4-8-13/h2-9,13H,10-11H2,1H3. The van der Waals surface area contributed by atoms with Gasteiger partial charge in [-0.2, -0.15) is 0 Å². The van der Waals surface area contributed by atoms with Crippen molar-refractivity contribution in [2.45, 2.75) is 19.8 Å². The van der Waals surface area contributed by atoms with Crippen LogP contribution >= 0.6 is 0 Å². The Hall–Kier alpha value is -1.30. The molecule has 1 aliphatic rings. The average Bonchev–Trinajstić information content (AvgIpc) is 2.69. The van der Waals surface area contributed by atoms with E-state index in [4.69, 9.17) is 0 Å². The van der Waals surface area contributed by atoms with Gasteiger partial charge in [0.05, 0.1) is 0 Å². The molecule has 1 aromatic carbocycles. The molecule has 0 unspecified atom stereocenters. The van der Waals surface area contributed by atoms with E-state index in [9.17, 15) is 0 Å². The lowest BCUT2D eigenvalue weighted by molar-refractivity contribution is 0.713. The second-order valence-electron chi connectivity index (χ2n) is 3.90. The van der Waals surface area contributed by atoms with E-state index in [1.807, 2.05) is 0 Å². The zero-order chi connectivity index (χ0) is 9.80. The van der Waals surface area contributed by atoms with Crippen LogP contribution in [0.15, 0.2) is 48.6 Å². The second kappa shape index (κ2) is 4.28. The van der Waals surface area contributed by atoms with Crippen molar-refractivity contribution in [1.82, 2.24) is 0 Å². The van der Waals surface area contributed by atoms with E-state index in [2.05, 4.69) is 55.5 Å². The van der Waals surface area contributed by atoms with Crippen molar-refractivity contribution < 1.29 is 0 Å². The van der Waals surface area contributed by atoms with Gasteiger partial charge in [0.15, 0.2) is 0 Å². The summed E-state index contributed by atoms with van der Waals surface area (Å²) in [6, 6.07) is 8.66. The Bertz CT molecular complexity index is 346. The largest absolute Gasteiger partial charge is 0.0776 e. The number of benzene rings is 1. The Labute approximate surface area is 86.0 Å². The fourth-order valence-corrected chi connectivity index (χ4v) is 1.88. The average molecular weight is 184 g/mol. The molecular formula is C14H16. The second-order valence-corrected chi connectivity index (χ2v) is 3.90. The molecule has 0 N–H and O–H groups in total. The maximum Gasteiger partial charge on any atom is -0.00441 e. The van der Waals surface area contributed by atoms with Crippen LogP contribution in [0.4, 0.5) is 0 Å². The van der Waals surface area contributed by atoms with Gasteiger partial charge in [0.2, 0.25) is 0 Å². The summed E-state index contributed by atoms with van der Waals surface area (Å²) >= 11 is 0. The molecule has 0 fully saturated rings. The normalized spacial score (nSPS) is 15.2. The molecule has 0 atom stereocenters. The highest BCUT2D eigenvalue weighted by Gasteiger charge is 2.04. The fraction of sp³-hybridized carbons (Fsp3) is 0.286. The molecule has 0 saturated heterocycles. The molecule has 72 valence electrons. The third kappa shape index (κ3) is 2.14. The Kier molecular flexibility index (Phi) is 2.83. The summed E-state index contributed by atoms with van der Waals surface area (Å²) in [6.07, 6.45) is 11.3. The SMILES string of the molecule is Cc1ccccc1CCC1C=CC=C1. The molecule has 0 heterocycles. The van der Waals surface area contributed by atoms with E-state index in [1.54, 1.807) is 0 Å². The topological polar surface area (TPSA) is 0 Å². The lowest BCUT2D eigenvalue weighted by Crippen LogP contribution is -1.95. The molecule has 0 amide bonds. The minimum Gasteiger partial charge on any atom is -0.0776 e. The molecule has 0 bridgehead atoms. The Morgan fingerprint density at radius 2 is 1.79 bits per heavy atom. The van der Waals surface area contributed by atoms with E-state index in [0.717, 1.165) is 0 Å². The van der Waals surface area contributed by atoms with Gasteiger partial charge in [-0.1, -0.05) is 48.6 Å². The van der Waals surface area contributed by atoms with Gasteiger partial charge in [0.1, 0.15) is 0 Å². The zero-order valence-corrected chi connectivity index (χ0v) is 8.61. The highest BCUT2D eigenvalue weighted by Crippen LogP contribution is 2.18. The number of aryl methyl sites for hydroxylation is 2. The van der Waals surface area contributed by atoms with E-state index in [-0.39, 0.29) is 0 Å². The first-order valence-electron chi connectivity index (χ1n) is 5.26. The van der Waals surface area contributed by atoms with Crippen molar-refractivity contribution in [3.8, 4) is 0 Å². The first kappa shape index (κ1) is 9.26. The summed E-state index contributed by atoms with van der Waals surface area (Å²) in [5.41, 5.74) is 2.90. The molecule has 0 aliphatic heterocycles. The van der Waals surface area contributed by atoms with Gasteiger partial charge in [-0.15, -0.1) is 0 Å². The summed E-state index contributed by atoms with van der Waals surface area (Å²) in [7, 11) is 0. The van der Waals surface area contributed by atoms with Crippen molar-refractivity contribution in [2.24, 2.45) is 5.92 Å². The van der Waals surface area contributed by atoms with Crippen molar-refractivity contribution in [3.63, 3.8) is 0 Å². The predicted octanol–water partition coefficient (Wildman–Crippen LogP) is 3.67. The van der Waals surface area contributed by atoms with Gasteiger partial charge in [-0.05, 0) is 36.8 Å². The number of rotatable bonds is 3. The predicted molar refractivity (Wildman–Crippen MR) is 61.3 cm³/mol. The lowest BCUT2D eigenvalue weighted by Gasteiger charge is -2.07. The quantitative estimate of drug-likeness (QED) is 0.672. The van der Waals surface area contributed by atoms with Gasteiger partial charge in [0.25, 0.3) is 0 Å². The first-order chi connectivity index (χ1) is 6.86. The molecule has 0 heteroatoms. The van der Waals surface area contributed by atoms with Gasteiger partial charge in [-0.25, -0.2) is 0 Å². The van der Waals surface area contributed by atoms with Gasteiger partial charge < -0.3 is 0 Å². The van der Waals surface area contributed by atoms with E-state index in [0.29, 0.717) is 5.92 Å². The molecule has 2 rings (SSSR count). The molecule has 0 spiro atoms. The summed E-state index contributed by atoms with van der Waals surface area (Å²) in [6.45, 7) is 2.19. The first-order valence-corrected chi connectivity index (χ1v) is 5.26. The molecule has 1 aromatic rings. The van der Waals surface area contributed by atoms with Crippen LogP contribution in [-0.2, 0) is 6.42 Å². The van der Waals surface area contributed by atoms with E-state index < -0.39 is 0 Å². The summed E-state index contributed by atoms with van der Waals surface area (Å²) in [5, 5.41) is 0. The minimum absolute atomic E-state index is 0.662. The van der Waals surface area contributed by atoms with Crippen molar-refractivity contribution >= 4 is 0 Å². The van der Waals surface area contributed by atoms with Crippen LogP contribution in [0.3, 0.4) is 0 Å². The Morgan fingerprint density at radius 3 is 2.50 bits per heavy atom.